The zero-order chi connectivity index (χ0) is 14.0. The Morgan fingerprint density at radius 3 is 2.11 bits per heavy atom. The third kappa shape index (κ3) is 4.25. The lowest BCUT2D eigenvalue weighted by atomic mass is 9.75. The Kier molecular flexibility index (Phi) is 4.78. The van der Waals surface area contributed by atoms with Crippen LogP contribution >= 0.6 is 0 Å². The van der Waals surface area contributed by atoms with E-state index >= 15 is 0 Å². The summed E-state index contributed by atoms with van der Waals surface area (Å²) in [4.78, 5) is 13.6. The lowest BCUT2D eigenvalue weighted by Gasteiger charge is -2.39. The number of likely N-dealkylation sites (tertiary alicyclic amines) is 1. The van der Waals surface area contributed by atoms with Crippen LogP contribution in [0.1, 0.15) is 47.0 Å². The van der Waals surface area contributed by atoms with Gasteiger partial charge < -0.3 is 16.4 Å². The predicted molar refractivity (Wildman–Crippen MR) is 75.0 cm³/mol. The molecule has 106 valence electrons. The Labute approximate surface area is 111 Å². The van der Waals surface area contributed by atoms with E-state index in [-0.39, 0.29) is 0 Å². The van der Waals surface area contributed by atoms with Crippen LogP contribution < -0.4 is 11.5 Å². The highest BCUT2D eigenvalue weighted by molar-refractivity contribution is 5.83. The van der Waals surface area contributed by atoms with E-state index < -0.39 is 11.4 Å². The Hall–Kier alpha value is -0.610. The maximum atomic E-state index is 11.2. The van der Waals surface area contributed by atoms with E-state index in [1.54, 1.807) is 6.92 Å². The lowest BCUT2D eigenvalue weighted by Crippen LogP contribution is -2.51. The number of nitrogens with zero attached hydrogens (tertiary/aromatic N) is 1. The summed E-state index contributed by atoms with van der Waals surface area (Å²) in [5.41, 5.74) is 10.7. The van der Waals surface area contributed by atoms with Gasteiger partial charge in [-0.3, -0.25) is 4.79 Å². The molecule has 0 bridgehead atoms. The van der Waals surface area contributed by atoms with Crippen molar-refractivity contribution in [2.75, 3.05) is 19.6 Å². The van der Waals surface area contributed by atoms with Crippen molar-refractivity contribution in [3.63, 3.8) is 0 Å². The van der Waals surface area contributed by atoms with Crippen molar-refractivity contribution < 1.29 is 4.79 Å². The van der Waals surface area contributed by atoms with Gasteiger partial charge in [0.25, 0.3) is 0 Å². The van der Waals surface area contributed by atoms with Gasteiger partial charge in [-0.15, -0.1) is 0 Å². The number of amides is 1. The van der Waals surface area contributed by atoms with E-state index in [2.05, 4.69) is 25.7 Å². The molecule has 4 heteroatoms. The molecule has 1 unspecified atom stereocenters. The molecule has 4 nitrogen and oxygen atoms in total. The van der Waals surface area contributed by atoms with Gasteiger partial charge in [-0.1, -0.05) is 20.8 Å². The summed E-state index contributed by atoms with van der Waals surface area (Å²) >= 11 is 0. The first-order valence-electron chi connectivity index (χ1n) is 6.94. The normalized spacial score (nSPS) is 22.7. The molecule has 1 fully saturated rings. The van der Waals surface area contributed by atoms with E-state index in [4.69, 9.17) is 11.5 Å². The SMILES string of the molecule is CC(N)(CCN1CCC(C(C)(C)C)CC1)C(N)=O. The van der Waals surface area contributed by atoms with Crippen LogP contribution in [0.15, 0.2) is 0 Å². The number of rotatable bonds is 4. The first kappa shape index (κ1) is 15.4. The van der Waals surface area contributed by atoms with Crippen molar-refractivity contribution in [3.05, 3.63) is 0 Å². The van der Waals surface area contributed by atoms with Crippen LogP contribution in [0.3, 0.4) is 0 Å². The molecule has 1 heterocycles. The van der Waals surface area contributed by atoms with Gasteiger partial charge in [-0.2, -0.15) is 0 Å². The molecule has 1 rings (SSSR count). The third-order valence-corrected chi connectivity index (χ3v) is 4.32. The number of nitrogens with two attached hydrogens (primary N) is 2. The molecular weight excluding hydrogens is 226 g/mol. The van der Waals surface area contributed by atoms with Crippen LogP contribution in [-0.4, -0.2) is 36.0 Å². The van der Waals surface area contributed by atoms with Crippen LogP contribution in [0, 0.1) is 11.3 Å². The minimum atomic E-state index is -0.874. The molecule has 0 radical (unpaired) electrons. The molecule has 1 atom stereocenters. The molecule has 0 saturated carbocycles. The van der Waals surface area contributed by atoms with E-state index in [0.717, 1.165) is 25.6 Å². The summed E-state index contributed by atoms with van der Waals surface area (Å²) in [5.74, 6) is 0.390. The fourth-order valence-electron chi connectivity index (χ4n) is 2.54. The third-order valence-electron chi connectivity index (χ3n) is 4.32. The highest BCUT2D eigenvalue weighted by Crippen LogP contribution is 2.34. The fraction of sp³-hybridized carbons (Fsp3) is 0.929. The quantitative estimate of drug-likeness (QED) is 0.796. The standard InChI is InChI=1S/C14H29N3O/c1-13(2,3)11-5-8-17(9-6-11)10-7-14(4,16)12(15)18/h11H,5-10,16H2,1-4H3,(H2,15,18). The van der Waals surface area contributed by atoms with Gasteiger partial charge in [0.05, 0.1) is 5.54 Å². The summed E-state index contributed by atoms with van der Waals surface area (Å²) in [5, 5.41) is 0. The van der Waals surface area contributed by atoms with Crippen molar-refractivity contribution in [2.24, 2.45) is 22.8 Å². The van der Waals surface area contributed by atoms with E-state index in [1.807, 2.05) is 0 Å². The summed E-state index contributed by atoms with van der Waals surface area (Å²) in [6, 6.07) is 0. The zero-order valence-electron chi connectivity index (χ0n) is 12.3. The minimum absolute atomic E-state index is 0.404. The average molecular weight is 255 g/mol. The largest absolute Gasteiger partial charge is 0.368 e. The number of hydrogen-bond donors (Lipinski definition) is 2. The number of hydrogen-bond acceptors (Lipinski definition) is 3. The average Bonchev–Trinajstić information content (AvgIpc) is 2.25. The highest BCUT2D eigenvalue weighted by Gasteiger charge is 2.30. The van der Waals surface area contributed by atoms with Crippen molar-refractivity contribution >= 4 is 5.91 Å². The Bertz CT molecular complexity index is 286. The number of carbonyl (C=O) groups excluding carboxylic acids is 1. The van der Waals surface area contributed by atoms with Crippen molar-refractivity contribution in [3.8, 4) is 0 Å². The van der Waals surface area contributed by atoms with Crippen LogP contribution in [0.2, 0.25) is 0 Å². The fourth-order valence-corrected chi connectivity index (χ4v) is 2.54. The predicted octanol–water partition coefficient (Wildman–Crippen LogP) is 1.34. The summed E-state index contributed by atoms with van der Waals surface area (Å²) < 4.78 is 0. The molecule has 0 aromatic carbocycles. The molecule has 0 aromatic heterocycles. The highest BCUT2D eigenvalue weighted by atomic mass is 16.1. The van der Waals surface area contributed by atoms with Gasteiger partial charge in [0.1, 0.15) is 0 Å². The summed E-state index contributed by atoms with van der Waals surface area (Å²) in [7, 11) is 0. The van der Waals surface area contributed by atoms with E-state index in [1.165, 1.54) is 12.8 Å². The molecule has 1 saturated heterocycles. The van der Waals surface area contributed by atoms with Gasteiger partial charge in [-0.05, 0) is 50.6 Å². The van der Waals surface area contributed by atoms with Gasteiger partial charge in [0.15, 0.2) is 0 Å². The molecule has 1 aliphatic rings. The summed E-state index contributed by atoms with van der Waals surface area (Å²) in [6.07, 6.45) is 3.12. The maximum Gasteiger partial charge on any atom is 0.237 e. The molecule has 1 amide bonds. The van der Waals surface area contributed by atoms with Gasteiger partial charge in [0.2, 0.25) is 5.91 Å². The molecule has 0 spiro atoms. The Balaban J connectivity index is 2.35. The van der Waals surface area contributed by atoms with Gasteiger partial charge in [-0.25, -0.2) is 0 Å². The maximum absolute atomic E-state index is 11.2. The Morgan fingerprint density at radius 2 is 1.72 bits per heavy atom. The zero-order valence-corrected chi connectivity index (χ0v) is 12.3. The smallest absolute Gasteiger partial charge is 0.237 e. The Morgan fingerprint density at radius 1 is 1.22 bits per heavy atom. The summed E-state index contributed by atoms with van der Waals surface area (Å²) in [6.45, 7) is 11.8. The lowest BCUT2D eigenvalue weighted by molar-refractivity contribution is -0.122. The molecule has 18 heavy (non-hydrogen) atoms. The molecule has 1 aliphatic heterocycles. The van der Waals surface area contributed by atoms with Gasteiger partial charge >= 0.3 is 0 Å². The number of carbonyl (C=O) groups is 1. The number of piperidine rings is 1. The van der Waals surface area contributed by atoms with E-state index in [9.17, 15) is 4.79 Å². The topological polar surface area (TPSA) is 72.3 Å². The van der Waals surface area contributed by atoms with Gasteiger partial charge in [0, 0.05) is 6.54 Å². The van der Waals surface area contributed by atoms with Crippen LogP contribution in [-0.2, 0) is 4.79 Å². The molecule has 0 aliphatic carbocycles. The van der Waals surface area contributed by atoms with Crippen LogP contribution in [0.5, 0.6) is 0 Å². The van der Waals surface area contributed by atoms with Crippen molar-refractivity contribution in [2.45, 2.75) is 52.5 Å². The van der Waals surface area contributed by atoms with Crippen molar-refractivity contribution in [1.82, 2.24) is 4.90 Å². The molecule has 0 aromatic rings. The number of primary amides is 1. The first-order chi connectivity index (χ1) is 8.13. The minimum Gasteiger partial charge on any atom is -0.368 e. The van der Waals surface area contributed by atoms with E-state index in [0.29, 0.717) is 11.8 Å². The molecular formula is C14H29N3O. The molecule has 4 N–H and O–H groups in total. The monoisotopic (exact) mass is 255 g/mol. The first-order valence-corrected chi connectivity index (χ1v) is 6.94. The van der Waals surface area contributed by atoms with Crippen LogP contribution in [0.4, 0.5) is 0 Å². The second kappa shape index (κ2) is 5.57. The second-order valence-corrected chi connectivity index (χ2v) is 7.01. The van der Waals surface area contributed by atoms with Crippen LogP contribution in [0.25, 0.3) is 0 Å². The van der Waals surface area contributed by atoms with Crippen molar-refractivity contribution in [1.29, 1.82) is 0 Å². The second-order valence-electron chi connectivity index (χ2n) is 7.01.